The van der Waals surface area contributed by atoms with Crippen molar-refractivity contribution in [3.8, 4) is 22.5 Å². The van der Waals surface area contributed by atoms with E-state index in [9.17, 15) is 13.2 Å². The van der Waals surface area contributed by atoms with E-state index in [0.717, 1.165) is 53.9 Å². The Hall–Kier alpha value is -3.85. The Bertz CT molecular complexity index is 1650. The molecule has 9 heteroatoms. The summed E-state index contributed by atoms with van der Waals surface area (Å²) < 4.78 is 33.8. The second-order valence-corrected chi connectivity index (χ2v) is 12.7. The molecule has 0 radical (unpaired) electrons. The lowest BCUT2D eigenvalue weighted by Gasteiger charge is -2.29. The quantitative estimate of drug-likeness (QED) is 0.261. The zero-order chi connectivity index (χ0) is 28.3. The molecule has 3 heterocycles. The van der Waals surface area contributed by atoms with Crippen molar-refractivity contribution < 1.29 is 12.8 Å². The Balaban J connectivity index is 1.44. The van der Waals surface area contributed by atoms with Gasteiger partial charge in [0.1, 0.15) is 0 Å². The number of oxazole rings is 1. The number of anilines is 2. The van der Waals surface area contributed by atoms with E-state index in [1.54, 1.807) is 18.5 Å². The number of pyridine rings is 1. The van der Waals surface area contributed by atoms with Gasteiger partial charge in [-0.15, -0.1) is 0 Å². The number of hydrogen-bond acceptors (Lipinski definition) is 6. The van der Waals surface area contributed by atoms with Gasteiger partial charge in [0.2, 0.25) is 10.0 Å². The molecule has 4 aromatic rings. The fourth-order valence-electron chi connectivity index (χ4n) is 5.17. The van der Waals surface area contributed by atoms with Gasteiger partial charge in [-0.2, -0.15) is 0 Å². The molecule has 0 spiro atoms. The van der Waals surface area contributed by atoms with Crippen LogP contribution in [0.1, 0.15) is 50.1 Å². The highest BCUT2D eigenvalue weighted by Gasteiger charge is 2.18. The first kappa shape index (κ1) is 27.7. The van der Waals surface area contributed by atoms with E-state index < -0.39 is 10.0 Å². The van der Waals surface area contributed by atoms with E-state index in [1.165, 1.54) is 6.42 Å². The highest BCUT2D eigenvalue weighted by molar-refractivity contribution is 7.92. The topological polar surface area (TPSA) is 108 Å². The van der Waals surface area contributed by atoms with Crippen molar-refractivity contribution in [3.63, 3.8) is 0 Å². The Labute approximate surface area is 235 Å². The average Bonchev–Trinajstić information content (AvgIpc) is 3.39. The molecule has 1 saturated heterocycles. The summed E-state index contributed by atoms with van der Waals surface area (Å²) in [4.78, 5) is 22.3. The van der Waals surface area contributed by atoms with Gasteiger partial charge in [-0.05, 0) is 91.3 Å². The van der Waals surface area contributed by atoms with Crippen LogP contribution in [0.4, 0.5) is 11.4 Å². The van der Waals surface area contributed by atoms with Crippen LogP contribution in [0, 0.1) is 12.8 Å². The van der Waals surface area contributed by atoms with Gasteiger partial charge < -0.3 is 14.3 Å². The van der Waals surface area contributed by atoms with E-state index in [1.807, 2.05) is 51.1 Å². The standard InChI is InChI=1S/C31H36N4O4S/c1-21(2)20-40(37,38)34-26-10-9-22(3)23(15-26)18-30-33-19-29(39-30)25-14-24(28-8-7-11-32-31(28)36)16-27(17-25)35-12-5-4-6-13-35/h7-11,14-17,19,21,34H,4-6,12-13,18,20H2,1-3H3,(H,32,36). The van der Waals surface area contributed by atoms with Gasteiger partial charge in [0.25, 0.3) is 5.56 Å². The number of aromatic nitrogens is 2. The third kappa shape index (κ3) is 6.65. The smallest absolute Gasteiger partial charge is 0.255 e. The molecule has 2 aromatic heterocycles. The number of aromatic amines is 1. The maximum atomic E-state index is 12.6. The first-order chi connectivity index (χ1) is 19.2. The van der Waals surface area contributed by atoms with Gasteiger partial charge in [-0.25, -0.2) is 13.4 Å². The molecular weight excluding hydrogens is 524 g/mol. The molecule has 5 rings (SSSR count). The first-order valence-corrected chi connectivity index (χ1v) is 15.5. The van der Waals surface area contributed by atoms with Crippen LogP contribution in [0.2, 0.25) is 0 Å². The molecule has 1 aliphatic heterocycles. The number of benzene rings is 2. The van der Waals surface area contributed by atoms with Crippen molar-refractivity contribution >= 4 is 21.4 Å². The lowest BCUT2D eigenvalue weighted by Crippen LogP contribution is -2.29. The van der Waals surface area contributed by atoms with Crippen LogP contribution in [0.15, 0.2) is 70.1 Å². The summed E-state index contributed by atoms with van der Waals surface area (Å²) >= 11 is 0. The van der Waals surface area contributed by atoms with Gasteiger partial charge in [0, 0.05) is 48.2 Å². The fourth-order valence-corrected chi connectivity index (χ4v) is 6.61. The Kier molecular flexibility index (Phi) is 8.12. The van der Waals surface area contributed by atoms with Crippen molar-refractivity contribution in [2.45, 2.75) is 46.5 Å². The third-order valence-electron chi connectivity index (χ3n) is 7.12. The normalized spacial score (nSPS) is 14.1. The summed E-state index contributed by atoms with van der Waals surface area (Å²) in [6.07, 6.45) is 7.29. The van der Waals surface area contributed by atoms with Crippen molar-refractivity contribution in [3.05, 3.63) is 88.3 Å². The first-order valence-electron chi connectivity index (χ1n) is 13.8. The van der Waals surface area contributed by atoms with Gasteiger partial charge in [0.15, 0.2) is 11.7 Å². The van der Waals surface area contributed by atoms with Crippen LogP contribution in [0.3, 0.4) is 0 Å². The molecule has 2 N–H and O–H groups in total. The Morgan fingerprint density at radius 3 is 2.58 bits per heavy atom. The van der Waals surface area contributed by atoms with Crippen molar-refractivity contribution in [2.75, 3.05) is 28.5 Å². The number of hydrogen-bond donors (Lipinski definition) is 2. The third-order valence-corrected chi connectivity index (χ3v) is 8.78. The number of rotatable bonds is 9. The highest BCUT2D eigenvalue weighted by atomic mass is 32.2. The highest BCUT2D eigenvalue weighted by Crippen LogP contribution is 2.33. The van der Waals surface area contributed by atoms with E-state index in [4.69, 9.17) is 4.42 Å². The maximum Gasteiger partial charge on any atom is 0.255 e. The van der Waals surface area contributed by atoms with E-state index in [2.05, 4.69) is 31.7 Å². The van der Waals surface area contributed by atoms with Crippen LogP contribution in [-0.4, -0.2) is 37.2 Å². The van der Waals surface area contributed by atoms with E-state index in [0.29, 0.717) is 29.3 Å². The second kappa shape index (κ2) is 11.7. The van der Waals surface area contributed by atoms with Crippen molar-refractivity contribution in [1.29, 1.82) is 0 Å². The SMILES string of the molecule is Cc1ccc(NS(=O)(=O)CC(C)C)cc1Cc1ncc(-c2cc(-c3ccc[nH]c3=O)cc(N3CCCCC3)c2)o1. The molecule has 0 bridgehead atoms. The lowest BCUT2D eigenvalue weighted by atomic mass is 10.0. The fraction of sp³-hybridized carbons (Fsp3) is 0.355. The number of H-pyrrole nitrogens is 1. The number of nitrogens with one attached hydrogen (secondary N) is 2. The summed E-state index contributed by atoms with van der Waals surface area (Å²) in [5.74, 6) is 1.24. The average molecular weight is 561 g/mol. The Morgan fingerprint density at radius 2 is 1.82 bits per heavy atom. The van der Waals surface area contributed by atoms with Crippen LogP contribution in [0.5, 0.6) is 0 Å². The second-order valence-electron chi connectivity index (χ2n) is 10.9. The molecular formula is C31H36N4O4S. The number of aryl methyl sites for hydroxylation is 1. The largest absolute Gasteiger partial charge is 0.440 e. The Morgan fingerprint density at radius 1 is 1.05 bits per heavy atom. The zero-order valence-electron chi connectivity index (χ0n) is 23.2. The summed E-state index contributed by atoms with van der Waals surface area (Å²) in [6, 6.07) is 15.3. The lowest BCUT2D eigenvalue weighted by molar-refractivity contribution is 0.519. The van der Waals surface area contributed by atoms with Crippen LogP contribution in [-0.2, 0) is 16.4 Å². The summed E-state index contributed by atoms with van der Waals surface area (Å²) in [6.45, 7) is 7.70. The number of nitrogens with zero attached hydrogens (tertiary/aromatic N) is 2. The minimum atomic E-state index is -3.43. The monoisotopic (exact) mass is 560 g/mol. The molecule has 0 amide bonds. The van der Waals surface area contributed by atoms with Gasteiger partial charge in [-0.1, -0.05) is 19.9 Å². The van der Waals surface area contributed by atoms with E-state index in [-0.39, 0.29) is 17.2 Å². The molecule has 0 saturated carbocycles. The maximum absolute atomic E-state index is 12.6. The zero-order valence-corrected chi connectivity index (χ0v) is 24.1. The van der Waals surface area contributed by atoms with Gasteiger partial charge in [0.05, 0.1) is 11.9 Å². The molecule has 0 aliphatic carbocycles. The van der Waals surface area contributed by atoms with Crippen LogP contribution in [0.25, 0.3) is 22.5 Å². The van der Waals surface area contributed by atoms with Gasteiger partial charge in [-0.3, -0.25) is 9.52 Å². The number of piperidine rings is 1. The number of sulfonamides is 1. The van der Waals surface area contributed by atoms with Crippen LogP contribution >= 0.6 is 0 Å². The van der Waals surface area contributed by atoms with Crippen LogP contribution < -0.4 is 15.2 Å². The molecule has 40 heavy (non-hydrogen) atoms. The molecule has 2 aromatic carbocycles. The van der Waals surface area contributed by atoms with E-state index >= 15 is 0 Å². The van der Waals surface area contributed by atoms with Crippen molar-refractivity contribution in [2.24, 2.45) is 5.92 Å². The summed E-state index contributed by atoms with van der Waals surface area (Å²) in [7, 11) is -3.43. The van der Waals surface area contributed by atoms with Crippen molar-refractivity contribution in [1.82, 2.24) is 9.97 Å². The molecule has 8 nitrogen and oxygen atoms in total. The summed E-state index contributed by atoms with van der Waals surface area (Å²) in [5, 5.41) is 0. The predicted molar refractivity (Wildman–Crippen MR) is 160 cm³/mol. The molecule has 210 valence electrons. The molecule has 1 fully saturated rings. The van der Waals surface area contributed by atoms with Gasteiger partial charge >= 0.3 is 0 Å². The summed E-state index contributed by atoms with van der Waals surface area (Å²) in [5.41, 5.74) is 5.69. The molecule has 0 unspecified atom stereocenters. The molecule has 1 aliphatic rings. The minimum absolute atomic E-state index is 0.0299. The minimum Gasteiger partial charge on any atom is -0.440 e. The molecule has 0 atom stereocenters. The predicted octanol–water partition coefficient (Wildman–Crippen LogP) is 5.98.